The molecule has 1 heterocycles. The van der Waals surface area contributed by atoms with Crippen LogP contribution in [0.15, 0.2) is 34.9 Å². The molecular formula is C24H27N3O6. The van der Waals surface area contributed by atoms with Crippen LogP contribution in [0.25, 0.3) is 22.8 Å². The maximum Gasteiger partial charge on any atom is 0.258 e. The summed E-state index contributed by atoms with van der Waals surface area (Å²) in [6.07, 6.45) is 0.567. The van der Waals surface area contributed by atoms with Crippen molar-refractivity contribution in [1.29, 1.82) is 0 Å². The van der Waals surface area contributed by atoms with E-state index >= 15 is 0 Å². The number of aliphatic hydroxyl groups is 2. The summed E-state index contributed by atoms with van der Waals surface area (Å²) in [4.78, 5) is 26.7. The van der Waals surface area contributed by atoms with Crippen molar-refractivity contribution in [3.05, 3.63) is 52.6 Å². The first kappa shape index (κ1) is 24.1. The molecule has 1 amide bonds. The number of carbonyl (C=O) groups excluding carboxylic acids is 2. The van der Waals surface area contributed by atoms with E-state index in [2.05, 4.69) is 15.5 Å². The number of nitrogens with zero attached hydrogens (tertiary/aromatic N) is 2. The van der Waals surface area contributed by atoms with Gasteiger partial charge < -0.3 is 24.8 Å². The summed E-state index contributed by atoms with van der Waals surface area (Å²) < 4.78 is 11.3. The largest absolute Gasteiger partial charge is 0.490 e. The van der Waals surface area contributed by atoms with Gasteiger partial charge in [-0.25, -0.2) is 0 Å². The Kier molecular flexibility index (Phi) is 7.92. The van der Waals surface area contributed by atoms with Crippen molar-refractivity contribution in [2.75, 3.05) is 19.8 Å². The molecule has 0 radical (unpaired) electrons. The van der Waals surface area contributed by atoms with Gasteiger partial charge in [0.1, 0.15) is 31.4 Å². The Bertz CT molecular complexity index is 1140. The molecular weight excluding hydrogens is 426 g/mol. The number of carbonyl (C=O) groups is 2. The number of rotatable bonds is 10. The molecule has 1 aromatic heterocycles. The number of aliphatic hydroxyl groups excluding tert-OH is 2. The molecule has 0 bridgehead atoms. The summed E-state index contributed by atoms with van der Waals surface area (Å²) in [5.74, 6) is 0.878. The molecule has 0 fully saturated rings. The van der Waals surface area contributed by atoms with Crippen LogP contribution < -0.4 is 10.1 Å². The lowest BCUT2D eigenvalue weighted by Crippen LogP contribution is -2.36. The summed E-state index contributed by atoms with van der Waals surface area (Å²) in [5.41, 5.74) is 4.68. The van der Waals surface area contributed by atoms with E-state index in [0.717, 1.165) is 34.1 Å². The normalized spacial score (nSPS) is 11.8. The van der Waals surface area contributed by atoms with Crippen LogP contribution in [0.2, 0.25) is 0 Å². The number of nitrogens with one attached hydrogen (secondary N) is 1. The van der Waals surface area contributed by atoms with Gasteiger partial charge in [0.2, 0.25) is 11.7 Å². The van der Waals surface area contributed by atoms with Gasteiger partial charge in [-0.15, -0.1) is 0 Å². The molecule has 0 saturated carbocycles. The zero-order chi connectivity index (χ0) is 24.0. The Morgan fingerprint density at radius 2 is 1.97 bits per heavy atom. The Hall–Kier alpha value is -3.56. The minimum atomic E-state index is -0.918. The highest BCUT2D eigenvalue weighted by Crippen LogP contribution is 2.31. The molecule has 9 nitrogen and oxygen atoms in total. The maximum absolute atomic E-state index is 11.1. The number of amides is 1. The van der Waals surface area contributed by atoms with E-state index in [1.807, 2.05) is 39.0 Å². The molecule has 9 heteroatoms. The monoisotopic (exact) mass is 453 g/mol. The number of hydrogen-bond acceptors (Lipinski definition) is 8. The van der Waals surface area contributed by atoms with Crippen LogP contribution in [0.1, 0.15) is 34.0 Å². The number of aldehydes is 1. The Morgan fingerprint density at radius 3 is 2.64 bits per heavy atom. The van der Waals surface area contributed by atoms with E-state index in [1.165, 1.54) is 0 Å². The van der Waals surface area contributed by atoms with Gasteiger partial charge in [0.15, 0.2) is 0 Å². The minimum absolute atomic E-state index is 0.0125. The highest BCUT2D eigenvalue weighted by molar-refractivity contribution is 5.79. The first-order valence-electron chi connectivity index (χ1n) is 10.6. The van der Waals surface area contributed by atoms with Gasteiger partial charge in [0.05, 0.1) is 0 Å². The smallest absolute Gasteiger partial charge is 0.258 e. The third-order valence-electron chi connectivity index (χ3n) is 5.16. The third kappa shape index (κ3) is 5.82. The molecule has 3 rings (SSSR count). The second-order valence-corrected chi connectivity index (χ2v) is 7.67. The molecule has 174 valence electrons. The molecule has 0 aliphatic carbocycles. The zero-order valence-corrected chi connectivity index (χ0v) is 18.8. The molecule has 0 saturated heterocycles. The molecule has 3 N–H and O–H groups in total. The van der Waals surface area contributed by atoms with Gasteiger partial charge in [-0.1, -0.05) is 18.1 Å². The number of aromatic nitrogens is 2. The molecule has 33 heavy (non-hydrogen) atoms. The molecule has 1 atom stereocenters. The van der Waals surface area contributed by atoms with Crippen molar-refractivity contribution in [3.63, 3.8) is 0 Å². The van der Waals surface area contributed by atoms with Gasteiger partial charge in [-0.3, -0.25) is 9.59 Å². The lowest BCUT2D eigenvalue weighted by atomic mass is 10.0. The zero-order valence-electron chi connectivity index (χ0n) is 18.8. The Morgan fingerprint density at radius 1 is 1.21 bits per heavy atom. The predicted molar refractivity (Wildman–Crippen MR) is 121 cm³/mol. The van der Waals surface area contributed by atoms with Crippen molar-refractivity contribution >= 4 is 12.2 Å². The third-order valence-corrected chi connectivity index (χ3v) is 5.16. The van der Waals surface area contributed by atoms with E-state index in [-0.39, 0.29) is 13.2 Å². The maximum atomic E-state index is 11.1. The van der Waals surface area contributed by atoms with Crippen molar-refractivity contribution < 1.29 is 29.1 Å². The highest BCUT2D eigenvalue weighted by atomic mass is 16.5. The van der Waals surface area contributed by atoms with E-state index < -0.39 is 18.6 Å². The van der Waals surface area contributed by atoms with Crippen LogP contribution in [-0.2, 0) is 11.2 Å². The van der Waals surface area contributed by atoms with Crippen LogP contribution in [0, 0.1) is 13.8 Å². The van der Waals surface area contributed by atoms with E-state index in [9.17, 15) is 14.7 Å². The van der Waals surface area contributed by atoms with Crippen LogP contribution in [0.4, 0.5) is 0 Å². The topological polar surface area (TPSA) is 135 Å². The van der Waals surface area contributed by atoms with Crippen molar-refractivity contribution in [1.82, 2.24) is 15.5 Å². The van der Waals surface area contributed by atoms with Crippen molar-refractivity contribution in [2.45, 2.75) is 33.3 Å². The minimum Gasteiger partial charge on any atom is -0.490 e. The van der Waals surface area contributed by atoms with Crippen LogP contribution in [0.3, 0.4) is 0 Å². The van der Waals surface area contributed by atoms with Gasteiger partial charge in [0.25, 0.3) is 5.89 Å². The summed E-state index contributed by atoms with van der Waals surface area (Å²) in [5, 5.41) is 25.3. The fraction of sp³-hybridized carbons (Fsp3) is 0.333. The summed E-state index contributed by atoms with van der Waals surface area (Å²) in [6, 6.07) is 9.11. The van der Waals surface area contributed by atoms with Crippen LogP contribution >= 0.6 is 0 Å². The van der Waals surface area contributed by atoms with Crippen molar-refractivity contribution in [3.8, 4) is 28.6 Å². The number of ether oxygens (including phenoxy) is 1. The number of hydrogen-bond donors (Lipinski definition) is 3. The first-order chi connectivity index (χ1) is 15.9. The van der Waals surface area contributed by atoms with Gasteiger partial charge in [-0.2, -0.15) is 4.98 Å². The fourth-order valence-corrected chi connectivity index (χ4v) is 3.37. The van der Waals surface area contributed by atoms with Crippen LogP contribution in [0.5, 0.6) is 5.75 Å². The number of benzene rings is 2. The lowest BCUT2D eigenvalue weighted by Gasteiger charge is -2.17. The SMILES string of the molecule is CCc1cc(-c2noc(-c3ccc(C=O)c(C)c3)n2)cc(C)c1OC[C@@H](O)CNC(=O)CO. The van der Waals surface area contributed by atoms with E-state index in [1.54, 1.807) is 12.1 Å². The molecule has 0 aliphatic rings. The lowest BCUT2D eigenvalue weighted by molar-refractivity contribution is -0.124. The standard InChI is InChI=1S/C24H27N3O6/c1-4-16-9-19(8-15(3)22(16)32-13-20(30)10-25-21(31)12-29)23-26-24(33-27-23)17-5-6-18(11-28)14(2)7-17/h5-9,11,20,29-30H,4,10,12-13H2,1-3H3,(H,25,31)/t20-/m0/s1. The van der Waals surface area contributed by atoms with Crippen LogP contribution in [-0.4, -0.2) is 58.4 Å². The predicted octanol–water partition coefficient (Wildman–Crippen LogP) is 2.24. The first-order valence-corrected chi connectivity index (χ1v) is 10.6. The molecule has 2 aromatic carbocycles. The van der Waals surface area contributed by atoms with Gasteiger partial charge in [-0.05, 0) is 61.2 Å². The molecule has 0 spiro atoms. The van der Waals surface area contributed by atoms with E-state index in [4.69, 9.17) is 14.4 Å². The average molecular weight is 453 g/mol. The Labute approximate surface area is 191 Å². The quantitative estimate of drug-likeness (QED) is 0.398. The molecule has 3 aromatic rings. The second-order valence-electron chi connectivity index (χ2n) is 7.67. The second kappa shape index (κ2) is 10.8. The summed E-state index contributed by atoms with van der Waals surface area (Å²) in [7, 11) is 0. The number of aryl methyl sites for hydroxylation is 3. The van der Waals surface area contributed by atoms with Gasteiger partial charge >= 0.3 is 0 Å². The molecule has 0 unspecified atom stereocenters. The fourth-order valence-electron chi connectivity index (χ4n) is 3.37. The summed E-state index contributed by atoms with van der Waals surface area (Å²) in [6.45, 7) is 5.06. The van der Waals surface area contributed by atoms with Crippen molar-refractivity contribution in [2.24, 2.45) is 0 Å². The summed E-state index contributed by atoms with van der Waals surface area (Å²) >= 11 is 0. The average Bonchev–Trinajstić information content (AvgIpc) is 3.31. The highest BCUT2D eigenvalue weighted by Gasteiger charge is 2.17. The molecule has 0 aliphatic heterocycles. The van der Waals surface area contributed by atoms with Gasteiger partial charge in [0, 0.05) is 23.2 Å². The Balaban J connectivity index is 1.78. The van der Waals surface area contributed by atoms with E-state index in [0.29, 0.717) is 29.4 Å².